The Morgan fingerprint density at radius 2 is 2.58 bits per heavy atom. The molecule has 0 fully saturated rings. The number of hydrogen-bond donors (Lipinski definition) is 0. The molecule has 0 aromatic heterocycles. The van der Waals surface area contributed by atoms with Crippen molar-refractivity contribution in [2.45, 2.75) is 0 Å². The number of ketones is 1. The second-order valence-corrected chi connectivity index (χ2v) is 2.46. The first-order valence-corrected chi connectivity index (χ1v) is 4.03. The van der Waals surface area contributed by atoms with Crippen molar-refractivity contribution >= 4 is 29.9 Å². The SMILES string of the molecule is C=CC(=O)OC.O=C1C=NSC1. The van der Waals surface area contributed by atoms with E-state index in [1.165, 1.54) is 25.3 Å². The normalized spacial score (nSPS) is 13.2. The molecule has 0 spiro atoms. The number of esters is 1. The highest BCUT2D eigenvalue weighted by molar-refractivity contribution is 7.99. The number of carbonyl (C=O) groups is 2. The summed E-state index contributed by atoms with van der Waals surface area (Å²) in [6.07, 6.45) is 2.46. The summed E-state index contributed by atoms with van der Waals surface area (Å²) in [4.78, 5) is 19.9. The third kappa shape index (κ3) is 5.67. The summed E-state index contributed by atoms with van der Waals surface area (Å²) in [5.74, 6) is 0.273. The fourth-order valence-electron chi connectivity index (χ4n) is 0.318. The van der Waals surface area contributed by atoms with E-state index in [0.29, 0.717) is 5.75 Å². The number of ether oxygens (including phenoxy) is 1. The van der Waals surface area contributed by atoms with E-state index in [4.69, 9.17) is 0 Å². The molecule has 0 aliphatic carbocycles. The molecule has 0 saturated heterocycles. The van der Waals surface area contributed by atoms with Gasteiger partial charge in [-0.2, -0.15) is 0 Å². The Balaban J connectivity index is 0.000000202. The van der Waals surface area contributed by atoms with Gasteiger partial charge in [-0.15, -0.1) is 0 Å². The van der Waals surface area contributed by atoms with Gasteiger partial charge < -0.3 is 4.74 Å². The molecule has 1 rings (SSSR count). The van der Waals surface area contributed by atoms with Crippen LogP contribution >= 0.6 is 11.9 Å². The summed E-state index contributed by atoms with van der Waals surface area (Å²) in [6, 6.07) is 0. The summed E-state index contributed by atoms with van der Waals surface area (Å²) in [5.41, 5.74) is 0. The minimum atomic E-state index is -0.394. The second-order valence-electron chi connectivity index (χ2n) is 1.70. The van der Waals surface area contributed by atoms with Gasteiger partial charge in [-0.3, -0.25) is 4.79 Å². The average molecular weight is 187 g/mol. The van der Waals surface area contributed by atoms with Gasteiger partial charge in [0.05, 0.1) is 19.1 Å². The summed E-state index contributed by atoms with van der Waals surface area (Å²) in [5, 5.41) is 0. The van der Waals surface area contributed by atoms with Crippen LogP contribution in [0.3, 0.4) is 0 Å². The van der Waals surface area contributed by atoms with Crippen LogP contribution in [0.25, 0.3) is 0 Å². The topological polar surface area (TPSA) is 55.7 Å². The van der Waals surface area contributed by atoms with Gasteiger partial charge in [0, 0.05) is 6.08 Å². The van der Waals surface area contributed by atoms with Crippen LogP contribution in [0.4, 0.5) is 0 Å². The molecule has 0 N–H and O–H groups in total. The first-order valence-electron chi connectivity index (χ1n) is 3.09. The highest BCUT2D eigenvalue weighted by Crippen LogP contribution is 2.05. The molecule has 1 heterocycles. The Morgan fingerprint density at radius 3 is 2.67 bits per heavy atom. The minimum Gasteiger partial charge on any atom is -0.466 e. The van der Waals surface area contributed by atoms with Crippen molar-refractivity contribution in [1.29, 1.82) is 0 Å². The van der Waals surface area contributed by atoms with E-state index in [-0.39, 0.29) is 5.78 Å². The van der Waals surface area contributed by atoms with E-state index in [1.807, 2.05) is 0 Å². The quantitative estimate of drug-likeness (QED) is 0.343. The van der Waals surface area contributed by atoms with Gasteiger partial charge in [0.1, 0.15) is 0 Å². The average Bonchev–Trinajstić information content (AvgIpc) is 2.55. The molecule has 0 bridgehead atoms. The molecular formula is C7H9NO3S. The summed E-state index contributed by atoms with van der Waals surface area (Å²) < 4.78 is 7.75. The highest BCUT2D eigenvalue weighted by atomic mass is 32.2. The maximum atomic E-state index is 10.1. The van der Waals surface area contributed by atoms with Gasteiger partial charge in [0.15, 0.2) is 5.78 Å². The van der Waals surface area contributed by atoms with Crippen LogP contribution in [0.15, 0.2) is 17.1 Å². The fraction of sp³-hybridized carbons (Fsp3) is 0.286. The Bertz CT molecular complexity index is 211. The zero-order valence-electron chi connectivity index (χ0n) is 6.65. The van der Waals surface area contributed by atoms with Crippen molar-refractivity contribution in [3.63, 3.8) is 0 Å². The standard InChI is InChI=1S/C4H6O2.C3H3NOS/c1-3-4(5)6-2;5-3-1-4-6-2-3/h3H,1H2,2H3;1H,2H2. The zero-order chi connectivity index (χ0) is 9.40. The smallest absolute Gasteiger partial charge is 0.329 e. The maximum Gasteiger partial charge on any atom is 0.329 e. The Morgan fingerprint density at radius 1 is 1.92 bits per heavy atom. The molecule has 66 valence electrons. The van der Waals surface area contributed by atoms with Crippen molar-refractivity contribution in [1.82, 2.24) is 0 Å². The van der Waals surface area contributed by atoms with Crippen LogP contribution in [0.5, 0.6) is 0 Å². The molecule has 0 amide bonds. The lowest BCUT2D eigenvalue weighted by Gasteiger charge is -1.83. The largest absolute Gasteiger partial charge is 0.466 e. The lowest BCUT2D eigenvalue weighted by Crippen LogP contribution is -1.93. The van der Waals surface area contributed by atoms with Gasteiger partial charge >= 0.3 is 5.97 Å². The minimum absolute atomic E-state index is 0.125. The van der Waals surface area contributed by atoms with Crippen molar-refractivity contribution in [2.75, 3.05) is 12.9 Å². The van der Waals surface area contributed by atoms with E-state index >= 15 is 0 Å². The maximum absolute atomic E-state index is 10.1. The molecule has 12 heavy (non-hydrogen) atoms. The molecule has 4 nitrogen and oxygen atoms in total. The van der Waals surface area contributed by atoms with E-state index < -0.39 is 5.97 Å². The van der Waals surface area contributed by atoms with Crippen molar-refractivity contribution in [2.24, 2.45) is 4.40 Å². The van der Waals surface area contributed by atoms with Crippen molar-refractivity contribution in [3.8, 4) is 0 Å². The van der Waals surface area contributed by atoms with Crippen LogP contribution in [0.2, 0.25) is 0 Å². The van der Waals surface area contributed by atoms with Crippen LogP contribution in [-0.2, 0) is 14.3 Å². The van der Waals surface area contributed by atoms with E-state index in [0.717, 1.165) is 6.08 Å². The third-order valence-corrected chi connectivity index (χ3v) is 1.51. The molecule has 0 aromatic carbocycles. The van der Waals surface area contributed by atoms with Gasteiger partial charge in [0.2, 0.25) is 0 Å². The number of hydrogen-bond acceptors (Lipinski definition) is 5. The van der Waals surface area contributed by atoms with Gasteiger partial charge in [0.25, 0.3) is 0 Å². The Kier molecular flexibility index (Phi) is 6.00. The molecule has 0 aromatic rings. The zero-order valence-corrected chi connectivity index (χ0v) is 7.47. The van der Waals surface area contributed by atoms with E-state index in [9.17, 15) is 9.59 Å². The molecule has 0 radical (unpaired) electrons. The van der Waals surface area contributed by atoms with Crippen molar-refractivity contribution in [3.05, 3.63) is 12.7 Å². The molecule has 0 unspecified atom stereocenters. The second kappa shape index (κ2) is 6.60. The number of methoxy groups -OCH3 is 1. The summed E-state index contributed by atoms with van der Waals surface area (Å²) in [7, 11) is 1.31. The molecular weight excluding hydrogens is 178 g/mol. The Hall–Kier alpha value is -1.10. The predicted octanol–water partition coefficient (Wildman–Crippen LogP) is 0.633. The molecule has 1 aliphatic rings. The van der Waals surface area contributed by atoms with Gasteiger partial charge in [-0.1, -0.05) is 6.58 Å². The van der Waals surface area contributed by atoms with Crippen LogP contribution in [0, 0.1) is 0 Å². The first-order chi connectivity index (χ1) is 5.70. The fourth-order valence-corrected chi connectivity index (χ4v) is 0.786. The van der Waals surface area contributed by atoms with E-state index in [1.54, 1.807) is 0 Å². The summed E-state index contributed by atoms with van der Waals surface area (Å²) in [6.45, 7) is 3.16. The monoisotopic (exact) mass is 187 g/mol. The number of Topliss-reactive ketones (excluding diaryl/α,β-unsaturated/α-hetero) is 1. The predicted molar refractivity (Wildman–Crippen MR) is 48.2 cm³/mol. The third-order valence-electron chi connectivity index (χ3n) is 0.846. The van der Waals surface area contributed by atoms with Crippen molar-refractivity contribution < 1.29 is 14.3 Å². The molecule has 1 aliphatic heterocycles. The molecule has 5 heteroatoms. The molecule has 0 saturated carbocycles. The van der Waals surface area contributed by atoms with Gasteiger partial charge in [-0.05, 0) is 11.9 Å². The number of rotatable bonds is 1. The first kappa shape index (κ1) is 10.9. The lowest BCUT2D eigenvalue weighted by atomic mass is 10.5. The number of nitrogens with zero attached hydrogens (tertiary/aromatic N) is 1. The summed E-state index contributed by atoms with van der Waals surface area (Å²) >= 11 is 1.30. The molecule has 0 atom stereocenters. The van der Waals surface area contributed by atoms with Crippen LogP contribution in [-0.4, -0.2) is 30.8 Å². The van der Waals surface area contributed by atoms with Crippen LogP contribution in [0.1, 0.15) is 0 Å². The van der Waals surface area contributed by atoms with Gasteiger partial charge in [-0.25, -0.2) is 9.19 Å². The number of carbonyl (C=O) groups excluding carboxylic acids is 2. The van der Waals surface area contributed by atoms with Crippen LogP contribution < -0.4 is 0 Å². The Labute approximate surface area is 74.8 Å². The highest BCUT2D eigenvalue weighted by Gasteiger charge is 2.01. The van der Waals surface area contributed by atoms with E-state index in [2.05, 4.69) is 15.7 Å². The lowest BCUT2D eigenvalue weighted by molar-refractivity contribution is -0.134.